The standard InChI is InChI=1S/C42H38SSi2/c1-44(2,3)29-27-35-41-39(33-23-15-9-16-24-33)37(31-19-11-7-12-20-31)38(32-21-13-8-14-22-32)40(34-25-17-10-18-26-34)42(41)36(43-35)28-30-45(4,5)6/h7-26H,1-6H3. The van der Waals surface area contributed by atoms with Gasteiger partial charge in [-0.05, 0) is 33.4 Å². The molecule has 3 heteroatoms. The number of hydrogen-bond acceptors (Lipinski definition) is 1. The fourth-order valence-corrected chi connectivity index (χ4v) is 7.85. The lowest BCUT2D eigenvalue weighted by Gasteiger charge is -2.23. The molecule has 1 heterocycles. The summed E-state index contributed by atoms with van der Waals surface area (Å²) in [4.78, 5) is 2.22. The summed E-state index contributed by atoms with van der Waals surface area (Å²) in [6.07, 6.45) is 0. The zero-order valence-corrected chi connectivity index (χ0v) is 29.8. The lowest BCUT2D eigenvalue weighted by molar-refractivity contribution is 1.57. The Labute approximate surface area is 274 Å². The number of fused-ring (bicyclic) bond motifs is 1. The van der Waals surface area contributed by atoms with Crippen LogP contribution in [-0.4, -0.2) is 16.1 Å². The van der Waals surface area contributed by atoms with Gasteiger partial charge in [0.2, 0.25) is 0 Å². The van der Waals surface area contributed by atoms with E-state index in [0.29, 0.717) is 0 Å². The molecule has 0 fully saturated rings. The van der Waals surface area contributed by atoms with E-state index in [2.05, 4.69) is 184 Å². The van der Waals surface area contributed by atoms with Gasteiger partial charge < -0.3 is 0 Å². The molecule has 0 saturated heterocycles. The number of rotatable bonds is 4. The lowest BCUT2D eigenvalue weighted by Crippen LogP contribution is -2.16. The Morgan fingerprint density at radius 2 is 0.644 bits per heavy atom. The Morgan fingerprint density at radius 3 is 0.911 bits per heavy atom. The van der Waals surface area contributed by atoms with Crippen LogP contribution in [0.25, 0.3) is 55.3 Å². The molecule has 45 heavy (non-hydrogen) atoms. The van der Waals surface area contributed by atoms with E-state index in [1.54, 1.807) is 11.3 Å². The highest BCUT2D eigenvalue weighted by atomic mass is 32.1. The van der Waals surface area contributed by atoms with Gasteiger partial charge in [-0.2, -0.15) is 0 Å². The van der Waals surface area contributed by atoms with E-state index in [1.165, 1.54) is 55.3 Å². The highest BCUT2D eigenvalue weighted by Gasteiger charge is 2.28. The molecule has 0 atom stereocenters. The number of hydrogen-bond donors (Lipinski definition) is 0. The van der Waals surface area contributed by atoms with Gasteiger partial charge in [0.1, 0.15) is 16.1 Å². The summed E-state index contributed by atoms with van der Waals surface area (Å²) < 4.78 is 0. The summed E-state index contributed by atoms with van der Waals surface area (Å²) in [5, 5.41) is 2.43. The molecule has 0 saturated carbocycles. The number of thiophene rings is 1. The Hall–Kier alpha value is -4.39. The summed E-state index contributed by atoms with van der Waals surface area (Å²) in [6.45, 7) is 13.9. The Kier molecular flexibility index (Phi) is 8.54. The van der Waals surface area contributed by atoms with Gasteiger partial charge in [0.05, 0.1) is 9.75 Å². The molecule has 6 rings (SSSR count). The first kappa shape index (κ1) is 30.6. The van der Waals surface area contributed by atoms with Crippen LogP contribution in [0.1, 0.15) is 9.75 Å². The van der Waals surface area contributed by atoms with Crippen molar-refractivity contribution in [3.63, 3.8) is 0 Å². The lowest BCUT2D eigenvalue weighted by atomic mass is 9.79. The molecule has 0 aliphatic rings. The average Bonchev–Trinajstić information content (AvgIpc) is 3.40. The van der Waals surface area contributed by atoms with Crippen molar-refractivity contribution >= 4 is 38.3 Å². The minimum absolute atomic E-state index is 1.11. The maximum absolute atomic E-state index is 3.75. The van der Waals surface area contributed by atoms with Crippen molar-refractivity contribution in [2.75, 3.05) is 0 Å². The summed E-state index contributed by atoms with van der Waals surface area (Å²) in [5.74, 6) is 7.49. The topological polar surface area (TPSA) is 0 Å². The van der Waals surface area contributed by atoms with Crippen LogP contribution >= 0.6 is 11.3 Å². The highest BCUT2D eigenvalue weighted by molar-refractivity contribution is 7.15. The zero-order chi connectivity index (χ0) is 31.6. The maximum Gasteiger partial charge on any atom is 0.129 e. The van der Waals surface area contributed by atoms with Gasteiger partial charge in [-0.25, -0.2) is 0 Å². The van der Waals surface area contributed by atoms with Crippen molar-refractivity contribution in [3.05, 3.63) is 131 Å². The molecule has 1 aromatic heterocycles. The average molecular weight is 631 g/mol. The largest absolute Gasteiger partial charge is 0.129 e. The highest BCUT2D eigenvalue weighted by Crippen LogP contribution is 2.54. The van der Waals surface area contributed by atoms with Crippen LogP contribution in [0.15, 0.2) is 121 Å². The van der Waals surface area contributed by atoms with E-state index in [1.807, 2.05) is 0 Å². The summed E-state index contributed by atoms with van der Waals surface area (Å²) in [5.41, 5.74) is 17.1. The van der Waals surface area contributed by atoms with E-state index < -0.39 is 16.1 Å². The third kappa shape index (κ3) is 6.68. The van der Waals surface area contributed by atoms with Gasteiger partial charge in [0, 0.05) is 21.9 Å². The number of benzene rings is 5. The van der Waals surface area contributed by atoms with Gasteiger partial charge in [-0.3, -0.25) is 0 Å². The quantitative estimate of drug-likeness (QED) is 0.134. The molecule has 0 N–H and O–H groups in total. The normalized spacial score (nSPS) is 11.4. The molecule has 0 aliphatic heterocycles. The van der Waals surface area contributed by atoms with Crippen molar-refractivity contribution in [1.82, 2.24) is 0 Å². The molecule has 6 aromatic rings. The first-order valence-corrected chi connectivity index (χ1v) is 23.4. The Morgan fingerprint density at radius 1 is 0.378 bits per heavy atom. The van der Waals surface area contributed by atoms with Crippen molar-refractivity contribution in [2.24, 2.45) is 0 Å². The molecule has 0 spiro atoms. The SMILES string of the molecule is C[Si](C)(C)C#Cc1sc(C#C[Si](C)(C)C)c2c(-c3ccccc3)c(-c3ccccc3)c(-c3ccccc3)c(-c3ccccc3)c12. The second-order valence-electron chi connectivity index (χ2n) is 13.5. The predicted octanol–water partition coefficient (Wildman–Crippen LogP) is 12.0. The van der Waals surface area contributed by atoms with Crippen molar-refractivity contribution in [3.8, 4) is 67.4 Å². The molecule has 0 unspecified atom stereocenters. The van der Waals surface area contributed by atoms with Crippen molar-refractivity contribution in [1.29, 1.82) is 0 Å². The minimum Gasteiger partial charge on any atom is -0.126 e. The van der Waals surface area contributed by atoms with Crippen LogP contribution in [0.4, 0.5) is 0 Å². The smallest absolute Gasteiger partial charge is 0.126 e. The van der Waals surface area contributed by atoms with Crippen molar-refractivity contribution in [2.45, 2.75) is 39.3 Å². The van der Waals surface area contributed by atoms with E-state index in [0.717, 1.165) is 9.75 Å². The third-order valence-corrected chi connectivity index (χ3v) is 10.3. The Balaban J connectivity index is 1.97. The fourth-order valence-electron chi connectivity index (χ4n) is 5.65. The molecular weight excluding hydrogens is 593 g/mol. The van der Waals surface area contributed by atoms with Crippen LogP contribution < -0.4 is 0 Å². The molecule has 0 radical (unpaired) electrons. The molecule has 0 amide bonds. The molecule has 0 aliphatic carbocycles. The van der Waals surface area contributed by atoms with E-state index in [4.69, 9.17) is 0 Å². The molecule has 5 aromatic carbocycles. The van der Waals surface area contributed by atoms with E-state index in [9.17, 15) is 0 Å². The van der Waals surface area contributed by atoms with Crippen LogP contribution in [0.3, 0.4) is 0 Å². The van der Waals surface area contributed by atoms with Crippen molar-refractivity contribution < 1.29 is 0 Å². The summed E-state index contributed by atoms with van der Waals surface area (Å²) >= 11 is 1.78. The van der Waals surface area contributed by atoms with Gasteiger partial charge in [-0.1, -0.05) is 172 Å². The third-order valence-electron chi connectivity index (χ3n) is 7.51. The first-order valence-electron chi connectivity index (χ1n) is 15.6. The van der Waals surface area contributed by atoms with Gasteiger partial charge in [0.25, 0.3) is 0 Å². The summed E-state index contributed by atoms with van der Waals surface area (Å²) in [7, 11) is -3.33. The maximum atomic E-state index is 3.75. The van der Waals surface area contributed by atoms with Crippen LogP contribution in [0.5, 0.6) is 0 Å². The van der Waals surface area contributed by atoms with Crippen LogP contribution in [0, 0.1) is 22.9 Å². The van der Waals surface area contributed by atoms with E-state index >= 15 is 0 Å². The molecule has 0 bridgehead atoms. The van der Waals surface area contributed by atoms with Gasteiger partial charge in [0.15, 0.2) is 0 Å². The molecular formula is C42H38SSi2. The Bertz CT molecular complexity index is 1940. The van der Waals surface area contributed by atoms with Crippen LogP contribution in [0.2, 0.25) is 39.3 Å². The monoisotopic (exact) mass is 630 g/mol. The second kappa shape index (κ2) is 12.5. The fraction of sp³-hybridized carbons (Fsp3) is 0.143. The first-order chi connectivity index (χ1) is 21.6. The predicted molar refractivity (Wildman–Crippen MR) is 204 cm³/mol. The summed E-state index contributed by atoms with van der Waals surface area (Å²) in [6, 6.07) is 43.6. The van der Waals surface area contributed by atoms with E-state index in [-0.39, 0.29) is 0 Å². The second-order valence-corrected chi connectivity index (χ2v) is 24.0. The van der Waals surface area contributed by atoms with Gasteiger partial charge in [-0.15, -0.1) is 22.4 Å². The van der Waals surface area contributed by atoms with Crippen LogP contribution in [-0.2, 0) is 0 Å². The van der Waals surface area contributed by atoms with Gasteiger partial charge >= 0.3 is 0 Å². The zero-order valence-electron chi connectivity index (χ0n) is 27.0. The molecule has 0 nitrogen and oxygen atoms in total. The minimum atomic E-state index is -1.67. The molecule has 220 valence electrons.